The number of halogens is 1. The molecule has 1 N–H and O–H groups in total. The fraction of sp³-hybridized carbons (Fsp3) is 0.667. The predicted octanol–water partition coefficient (Wildman–Crippen LogP) is 5.38. The van der Waals surface area contributed by atoms with Gasteiger partial charge in [-0.25, -0.2) is 0 Å². The van der Waals surface area contributed by atoms with Gasteiger partial charge in [0.15, 0.2) is 0 Å². The maximum Gasteiger partial charge on any atom is 0.0409 e. The minimum Gasteiger partial charge on any atom is -0.309 e. The third-order valence-corrected chi connectivity index (χ3v) is 4.64. The van der Waals surface area contributed by atoms with E-state index in [1.165, 1.54) is 30.4 Å². The van der Waals surface area contributed by atoms with Crippen molar-refractivity contribution in [3.63, 3.8) is 0 Å². The van der Waals surface area contributed by atoms with Gasteiger partial charge >= 0.3 is 0 Å². The molecule has 0 fully saturated rings. The monoisotopic (exact) mass is 293 g/mol. The predicted molar refractivity (Wildman–Crippen MR) is 88.4 cm³/mol. The number of unbranched alkanes of at least 4 members (excludes halogenated alkanes) is 1. The third kappa shape index (κ3) is 3.77. The van der Waals surface area contributed by atoms with E-state index in [4.69, 9.17) is 11.6 Å². The first-order valence-corrected chi connectivity index (χ1v) is 8.29. The second-order valence-corrected chi connectivity index (χ2v) is 7.72. The van der Waals surface area contributed by atoms with E-state index in [0.717, 1.165) is 23.9 Å². The van der Waals surface area contributed by atoms with Gasteiger partial charge in [-0.2, -0.15) is 0 Å². The zero-order valence-electron chi connectivity index (χ0n) is 13.3. The molecule has 1 nitrogen and oxygen atoms in total. The standard InChI is InChI=1S/C18H28ClN/c1-13(2)7-5-6-10-20-17-16-11-15(19)9-8-14(16)12-18(17,3)4/h8-9,11,13,17,20H,5-7,10,12H2,1-4H3. The lowest BCUT2D eigenvalue weighted by Gasteiger charge is -2.29. The van der Waals surface area contributed by atoms with E-state index in [1.807, 2.05) is 6.07 Å². The summed E-state index contributed by atoms with van der Waals surface area (Å²) in [5, 5.41) is 4.63. The van der Waals surface area contributed by atoms with Crippen molar-refractivity contribution in [1.29, 1.82) is 0 Å². The molecule has 2 heteroatoms. The van der Waals surface area contributed by atoms with Crippen LogP contribution in [0.4, 0.5) is 0 Å². The van der Waals surface area contributed by atoms with Gasteiger partial charge in [-0.3, -0.25) is 0 Å². The van der Waals surface area contributed by atoms with Crippen molar-refractivity contribution < 1.29 is 0 Å². The van der Waals surface area contributed by atoms with Crippen LogP contribution in [0.5, 0.6) is 0 Å². The smallest absolute Gasteiger partial charge is 0.0409 e. The molecule has 20 heavy (non-hydrogen) atoms. The molecule has 112 valence electrons. The molecule has 0 bridgehead atoms. The van der Waals surface area contributed by atoms with E-state index >= 15 is 0 Å². The Bertz CT molecular complexity index is 451. The first kappa shape index (κ1) is 15.9. The molecule has 0 radical (unpaired) electrons. The van der Waals surface area contributed by atoms with E-state index < -0.39 is 0 Å². The quantitative estimate of drug-likeness (QED) is 0.694. The molecule has 0 aromatic heterocycles. The minimum atomic E-state index is 0.283. The van der Waals surface area contributed by atoms with Gasteiger partial charge in [0.2, 0.25) is 0 Å². The molecule has 0 saturated heterocycles. The van der Waals surface area contributed by atoms with E-state index in [1.54, 1.807) is 0 Å². The van der Waals surface area contributed by atoms with Crippen LogP contribution >= 0.6 is 11.6 Å². The number of benzene rings is 1. The van der Waals surface area contributed by atoms with E-state index in [9.17, 15) is 0 Å². The van der Waals surface area contributed by atoms with Gasteiger partial charge in [-0.05, 0) is 54.0 Å². The van der Waals surface area contributed by atoms with Gasteiger partial charge in [-0.1, -0.05) is 58.2 Å². The van der Waals surface area contributed by atoms with Crippen molar-refractivity contribution in [3.05, 3.63) is 34.3 Å². The zero-order valence-corrected chi connectivity index (χ0v) is 14.1. The fourth-order valence-electron chi connectivity index (χ4n) is 3.32. The number of fused-ring (bicyclic) bond motifs is 1. The second kappa shape index (κ2) is 6.49. The minimum absolute atomic E-state index is 0.283. The summed E-state index contributed by atoms with van der Waals surface area (Å²) in [5.41, 5.74) is 3.15. The number of hydrogen-bond acceptors (Lipinski definition) is 1. The van der Waals surface area contributed by atoms with Crippen molar-refractivity contribution in [1.82, 2.24) is 5.32 Å². The maximum atomic E-state index is 6.17. The maximum absolute atomic E-state index is 6.17. The molecule has 1 unspecified atom stereocenters. The highest BCUT2D eigenvalue weighted by atomic mass is 35.5. The molecular formula is C18H28ClN. The van der Waals surface area contributed by atoms with Crippen LogP contribution in [0.15, 0.2) is 18.2 Å². The Hall–Kier alpha value is -0.530. The lowest BCUT2D eigenvalue weighted by molar-refractivity contribution is 0.268. The molecule has 1 aliphatic rings. The first-order chi connectivity index (χ1) is 9.40. The summed E-state index contributed by atoms with van der Waals surface area (Å²) >= 11 is 6.17. The van der Waals surface area contributed by atoms with Crippen LogP contribution in [0.25, 0.3) is 0 Å². The average molecular weight is 294 g/mol. The van der Waals surface area contributed by atoms with E-state index in [2.05, 4.69) is 45.1 Å². The van der Waals surface area contributed by atoms with Gasteiger partial charge in [-0.15, -0.1) is 0 Å². The first-order valence-electron chi connectivity index (χ1n) is 7.92. The van der Waals surface area contributed by atoms with Gasteiger partial charge < -0.3 is 5.32 Å². The molecule has 1 aliphatic carbocycles. The van der Waals surface area contributed by atoms with Gasteiger partial charge in [0.25, 0.3) is 0 Å². The summed E-state index contributed by atoms with van der Waals surface area (Å²) < 4.78 is 0. The van der Waals surface area contributed by atoms with Gasteiger partial charge in [0.1, 0.15) is 0 Å². The van der Waals surface area contributed by atoms with E-state index in [-0.39, 0.29) is 5.41 Å². The van der Waals surface area contributed by atoms with Crippen molar-refractivity contribution >= 4 is 11.6 Å². The summed E-state index contributed by atoms with van der Waals surface area (Å²) in [6.45, 7) is 10.4. The summed E-state index contributed by atoms with van der Waals surface area (Å²) in [6.07, 6.45) is 5.06. The Labute approximate surface area is 129 Å². The number of rotatable bonds is 6. The SMILES string of the molecule is CC(C)CCCCNC1c2cc(Cl)ccc2CC1(C)C. The van der Waals surface area contributed by atoms with Gasteiger partial charge in [0.05, 0.1) is 0 Å². The molecule has 0 spiro atoms. The normalized spacial score (nSPS) is 20.4. The van der Waals surface area contributed by atoms with Crippen LogP contribution in [-0.2, 0) is 6.42 Å². The second-order valence-electron chi connectivity index (χ2n) is 7.29. The Morgan fingerprint density at radius 1 is 1.30 bits per heavy atom. The van der Waals surface area contributed by atoms with Crippen LogP contribution in [0.3, 0.4) is 0 Å². The molecule has 1 aromatic carbocycles. The molecular weight excluding hydrogens is 266 g/mol. The largest absolute Gasteiger partial charge is 0.309 e. The molecule has 1 atom stereocenters. The Kier molecular flexibility index (Phi) is 5.14. The van der Waals surface area contributed by atoms with Crippen molar-refractivity contribution in [3.8, 4) is 0 Å². The average Bonchev–Trinajstić information content (AvgIpc) is 2.59. The number of hydrogen-bond donors (Lipinski definition) is 1. The summed E-state index contributed by atoms with van der Waals surface area (Å²) in [4.78, 5) is 0. The fourth-order valence-corrected chi connectivity index (χ4v) is 3.50. The molecule has 0 saturated carbocycles. The van der Waals surface area contributed by atoms with Crippen LogP contribution in [-0.4, -0.2) is 6.54 Å². The Balaban J connectivity index is 1.95. The third-order valence-electron chi connectivity index (χ3n) is 4.40. The van der Waals surface area contributed by atoms with Crippen LogP contribution in [0, 0.1) is 11.3 Å². The van der Waals surface area contributed by atoms with E-state index in [0.29, 0.717) is 6.04 Å². The van der Waals surface area contributed by atoms with Crippen molar-refractivity contribution in [2.45, 2.75) is 59.4 Å². The van der Waals surface area contributed by atoms with Crippen LogP contribution in [0.2, 0.25) is 5.02 Å². The molecule has 1 aromatic rings. The molecule has 2 rings (SSSR count). The number of nitrogens with one attached hydrogen (secondary N) is 1. The van der Waals surface area contributed by atoms with Gasteiger partial charge in [0, 0.05) is 11.1 Å². The topological polar surface area (TPSA) is 12.0 Å². The lowest BCUT2D eigenvalue weighted by Crippen LogP contribution is -2.31. The molecule has 0 amide bonds. The van der Waals surface area contributed by atoms with Crippen molar-refractivity contribution in [2.24, 2.45) is 11.3 Å². The summed E-state index contributed by atoms with van der Waals surface area (Å²) in [6, 6.07) is 6.80. The Morgan fingerprint density at radius 2 is 2.05 bits per heavy atom. The zero-order chi connectivity index (χ0) is 14.8. The lowest BCUT2D eigenvalue weighted by atomic mass is 9.85. The highest BCUT2D eigenvalue weighted by Crippen LogP contribution is 2.45. The van der Waals surface area contributed by atoms with Crippen LogP contribution in [0.1, 0.15) is 64.1 Å². The van der Waals surface area contributed by atoms with Crippen molar-refractivity contribution in [2.75, 3.05) is 6.54 Å². The van der Waals surface area contributed by atoms with Crippen LogP contribution < -0.4 is 5.32 Å². The molecule has 0 aliphatic heterocycles. The molecule has 0 heterocycles. The highest BCUT2D eigenvalue weighted by molar-refractivity contribution is 6.30. The highest BCUT2D eigenvalue weighted by Gasteiger charge is 2.38. The summed E-state index contributed by atoms with van der Waals surface area (Å²) in [7, 11) is 0. The summed E-state index contributed by atoms with van der Waals surface area (Å²) in [5.74, 6) is 0.817. The Morgan fingerprint density at radius 3 is 2.75 bits per heavy atom.